The van der Waals surface area contributed by atoms with E-state index in [1.54, 1.807) is 26.4 Å². The first-order valence-electron chi connectivity index (χ1n) is 5.54. The van der Waals surface area contributed by atoms with Gasteiger partial charge >= 0.3 is 0 Å². The van der Waals surface area contributed by atoms with Gasteiger partial charge in [0.25, 0.3) is 0 Å². The molecule has 0 aliphatic carbocycles. The van der Waals surface area contributed by atoms with Gasteiger partial charge < -0.3 is 20.1 Å². The first-order valence-corrected chi connectivity index (χ1v) is 6.33. The largest absolute Gasteiger partial charge is 0.495 e. The van der Waals surface area contributed by atoms with Gasteiger partial charge in [0.1, 0.15) is 5.75 Å². The number of methoxy groups -OCH3 is 2. The van der Waals surface area contributed by atoms with Gasteiger partial charge in [0, 0.05) is 32.0 Å². The van der Waals surface area contributed by atoms with Gasteiger partial charge in [0.05, 0.1) is 12.1 Å². The van der Waals surface area contributed by atoms with E-state index in [-0.39, 0.29) is 0 Å². The van der Waals surface area contributed by atoms with Gasteiger partial charge in [0.15, 0.2) is 5.11 Å². The molecule has 0 aromatic heterocycles. The zero-order valence-corrected chi connectivity index (χ0v) is 12.0. The minimum atomic E-state index is 0.565. The second-order valence-corrected chi connectivity index (χ2v) is 4.39. The van der Waals surface area contributed by atoms with Gasteiger partial charge in [-0.1, -0.05) is 11.6 Å². The number of ether oxygens (including phenoxy) is 2. The molecule has 0 amide bonds. The van der Waals surface area contributed by atoms with Crippen LogP contribution in [0.15, 0.2) is 18.2 Å². The van der Waals surface area contributed by atoms with Crippen LogP contribution in [-0.4, -0.2) is 32.5 Å². The molecule has 0 unspecified atom stereocenters. The Morgan fingerprint density at radius 3 is 2.83 bits per heavy atom. The van der Waals surface area contributed by atoms with Gasteiger partial charge in [0.2, 0.25) is 0 Å². The van der Waals surface area contributed by atoms with Crippen molar-refractivity contribution in [1.29, 1.82) is 0 Å². The molecule has 0 saturated heterocycles. The molecule has 1 aromatic rings. The van der Waals surface area contributed by atoms with Crippen LogP contribution >= 0.6 is 23.8 Å². The Bertz CT molecular complexity index is 402. The molecule has 1 aromatic carbocycles. The van der Waals surface area contributed by atoms with Crippen LogP contribution in [0.1, 0.15) is 6.42 Å². The summed E-state index contributed by atoms with van der Waals surface area (Å²) in [5.41, 5.74) is 0.834. The molecule has 0 atom stereocenters. The molecular weight excluding hydrogens is 272 g/mol. The summed E-state index contributed by atoms with van der Waals surface area (Å²) >= 11 is 11.1. The van der Waals surface area contributed by atoms with Crippen LogP contribution in [0.4, 0.5) is 5.69 Å². The lowest BCUT2D eigenvalue weighted by Crippen LogP contribution is -2.29. The molecule has 0 heterocycles. The zero-order valence-electron chi connectivity index (χ0n) is 10.5. The van der Waals surface area contributed by atoms with Crippen molar-refractivity contribution in [2.75, 3.05) is 32.7 Å². The molecule has 0 aliphatic heterocycles. The van der Waals surface area contributed by atoms with Gasteiger partial charge in [-0.3, -0.25) is 0 Å². The van der Waals surface area contributed by atoms with Crippen molar-refractivity contribution in [2.24, 2.45) is 0 Å². The van der Waals surface area contributed by atoms with Crippen molar-refractivity contribution < 1.29 is 9.47 Å². The predicted molar refractivity (Wildman–Crippen MR) is 78.7 cm³/mol. The van der Waals surface area contributed by atoms with Gasteiger partial charge in [-0.05, 0) is 30.8 Å². The fourth-order valence-electron chi connectivity index (χ4n) is 1.33. The third-order valence-electron chi connectivity index (χ3n) is 2.22. The SMILES string of the molecule is COCCCNC(=S)Nc1ccc(Cl)c(OC)c1. The summed E-state index contributed by atoms with van der Waals surface area (Å²) in [7, 11) is 3.25. The second kappa shape index (κ2) is 8.13. The average Bonchev–Trinajstić information content (AvgIpc) is 2.37. The van der Waals surface area contributed by atoms with Crippen molar-refractivity contribution >= 4 is 34.6 Å². The monoisotopic (exact) mass is 288 g/mol. The van der Waals surface area contributed by atoms with E-state index in [4.69, 9.17) is 33.3 Å². The van der Waals surface area contributed by atoms with E-state index < -0.39 is 0 Å². The fourth-order valence-corrected chi connectivity index (χ4v) is 1.75. The third kappa shape index (κ3) is 5.08. The number of nitrogens with one attached hydrogen (secondary N) is 2. The van der Waals surface area contributed by atoms with Crippen molar-refractivity contribution in [2.45, 2.75) is 6.42 Å². The summed E-state index contributed by atoms with van der Waals surface area (Å²) in [4.78, 5) is 0. The molecular formula is C12H17ClN2O2S. The first kappa shape index (κ1) is 15.0. The maximum Gasteiger partial charge on any atom is 0.170 e. The summed E-state index contributed by atoms with van der Waals surface area (Å²) < 4.78 is 10.1. The highest BCUT2D eigenvalue weighted by Crippen LogP contribution is 2.27. The Kier molecular flexibility index (Phi) is 6.78. The van der Waals surface area contributed by atoms with Crippen LogP contribution in [-0.2, 0) is 4.74 Å². The Morgan fingerprint density at radius 2 is 2.17 bits per heavy atom. The van der Waals surface area contributed by atoms with Crippen LogP contribution in [0.3, 0.4) is 0 Å². The summed E-state index contributed by atoms with van der Waals surface area (Å²) in [6.45, 7) is 1.48. The predicted octanol–water partition coefficient (Wildman–Crippen LogP) is 2.67. The molecule has 4 nitrogen and oxygen atoms in total. The highest BCUT2D eigenvalue weighted by Gasteiger charge is 2.03. The first-order chi connectivity index (χ1) is 8.67. The van der Waals surface area contributed by atoms with Crippen molar-refractivity contribution in [3.05, 3.63) is 23.2 Å². The lowest BCUT2D eigenvalue weighted by molar-refractivity contribution is 0.196. The lowest BCUT2D eigenvalue weighted by Gasteiger charge is -2.11. The summed E-state index contributed by atoms with van der Waals surface area (Å²) in [6, 6.07) is 5.40. The molecule has 100 valence electrons. The third-order valence-corrected chi connectivity index (χ3v) is 2.78. The summed E-state index contributed by atoms with van der Waals surface area (Å²) in [6.07, 6.45) is 0.905. The molecule has 0 bridgehead atoms. The lowest BCUT2D eigenvalue weighted by atomic mass is 10.3. The highest BCUT2D eigenvalue weighted by molar-refractivity contribution is 7.80. The number of benzene rings is 1. The number of anilines is 1. The van der Waals surface area contributed by atoms with E-state index in [0.29, 0.717) is 22.5 Å². The smallest absolute Gasteiger partial charge is 0.170 e. The number of halogens is 1. The van der Waals surface area contributed by atoms with E-state index in [1.807, 2.05) is 6.07 Å². The molecule has 1 rings (SSSR count). The van der Waals surface area contributed by atoms with Crippen LogP contribution in [0.2, 0.25) is 5.02 Å². The molecule has 0 spiro atoms. The summed E-state index contributed by atoms with van der Waals surface area (Å²) in [5.74, 6) is 0.615. The van der Waals surface area contributed by atoms with E-state index in [2.05, 4.69) is 10.6 Å². The quantitative estimate of drug-likeness (QED) is 0.622. The summed E-state index contributed by atoms with van der Waals surface area (Å²) in [5, 5.41) is 7.28. The number of hydrogen-bond donors (Lipinski definition) is 2. The van der Waals surface area contributed by atoms with Crippen LogP contribution in [0.5, 0.6) is 5.75 Å². The normalized spacial score (nSPS) is 9.94. The van der Waals surface area contributed by atoms with Crippen LogP contribution < -0.4 is 15.4 Å². The van der Waals surface area contributed by atoms with Crippen molar-refractivity contribution in [3.8, 4) is 5.75 Å². The minimum absolute atomic E-state index is 0.565. The number of hydrogen-bond acceptors (Lipinski definition) is 3. The Labute approximate surface area is 118 Å². The van der Waals surface area contributed by atoms with E-state index in [0.717, 1.165) is 18.7 Å². The van der Waals surface area contributed by atoms with Crippen LogP contribution in [0, 0.1) is 0 Å². The zero-order chi connectivity index (χ0) is 13.4. The van der Waals surface area contributed by atoms with Gasteiger partial charge in [-0.2, -0.15) is 0 Å². The molecule has 6 heteroatoms. The van der Waals surface area contributed by atoms with Crippen molar-refractivity contribution in [3.63, 3.8) is 0 Å². The van der Waals surface area contributed by atoms with Gasteiger partial charge in [-0.15, -0.1) is 0 Å². The Balaban J connectivity index is 2.44. The average molecular weight is 289 g/mol. The van der Waals surface area contributed by atoms with Gasteiger partial charge in [-0.25, -0.2) is 0 Å². The highest BCUT2D eigenvalue weighted by atomic mass is 35.5. The van der Waals surface area contributed by atoms with Crippen molar-refractivity contribution in [1.82, 2.24) is 5.32 Å². The molecule has 18 heavy (non-hydrogen) atoms. The maximum atomic E-state index is 5.94. The minimum Gasteiger partial charge on any atom is -0.495 e. The van der Waals surface area contributed by atoms with Crippen LogP contribution in [0.25, 0.3) is 0 Å². The second-order valence-electron chi connectivity index (χ2n) is 3.58. The number of thiocarbonyl (C=S) groups is 1. The maximum absolute atomic E-state index is 5.94. The topological polar surface area (TPSA) is 42.5 Å². The van der Waals surface area contributed by atoms with E-state index in [1.165, 1.54) is 0 Å². The standard InChI is InChI=1S/C12H17ClN2O2S/c1-16-7-3-6-14-12(18)15-9-4-5-10(13)11(8-9)17-2/h4-5,8H,3,6-7H2,1-2H3,(H2,14,15,18). The molecule has 0 aliphatic rings. The van der Waals surface area contributed by atoms with E-state index >= 15 is 0 Å². The van der Waals surface area contributed by atoms with E-state index in [9.17, 15) is 0 Å². The fraction of sp³-hybridized carbons (Fsp3) is 0.417. The molecule has 2 N–H and O–H groups in total. The molecule has 0 saturated carbocycles. The Morgan fingerprint density at radius 1 is 1.39 bits per heavy atom. The molecule has 0 radical (unpaired) electrons. The molecule has 0 fully saturated rings. The number of rotatable bonds is 6. The Hall–Kier alpha value is -1.04.